The van der Waals surface area contributed by atoms with Gasteiger partial charge in [-0.3, -0.25) is 4.79 Å². The van der Waals surface area contributed by atoms with Crippen LogP contribution in [0.15, 0.2) is 6.33 Å². The fraction of sp³-hybridized carbons (Fsp3) is 0.750. The van der Waals surface area contributed by atoms with Crippen LogP contribution in [0.4, 0.5) is 8.78 Å². The van der Waals surface area contributed by atoms with Crippen LogP contribution in [0.2, 0.25) is 0 Å². The highest BCUT2D eigenvalue weighted by Crippen LogP contribution is 2.44. The summed E-state index contributed by atoms with van der Waals surface area (Å²) in [4.78, 5) is 15.8. The molecule has 8 heteroatoms. The van der Waals surface area contributed by atoms with Gasteiger partial charge in [0.05, 0.1) is 6.04 Å². The van der Waals surface area contributed by atoms with Crippen LogP contribution < -0.4 is 5.32 Å². The number of hydrogen-bond donors (Lipinski definition) is 2. The number of nitrogens with zero attached hydrogens (tertiary/aromatic N) is 3. The van der Waals surface area contributed by atoms with E-state index in [1.165, 1.54) is 6.33 Å². The Labute approximate surface area is 114 Å². The van der Waals surface area contributed by atoms with E-state index in [2.05, 4.69) is 15.4 Å². The summed E-state index contributed by atoms with van der Waals surface area (Å²) < 4.78 is 29.6. The molecule has 1 amide bonds. The number of aryl methyl sites for hydroxylation is 1. The molecule has 0 aromatic carbocycles. The van der Waals surface area contributed by atoms with Crippen LogP contribution in [0.3, 0.4) is 0 Å². The standard InChI is InChI=1S/C12H16F2N4O2/c13-12(14,11(20)4-2-5-11)10(19)17-8-3-1-6-18-9(8)15-7-16-18/h7-8,20H,1-6H2,(H,17,19). The predicted octanol–water partition coefficient (Wildman–Crippen LogP) is 0.779. The summed E-state index contributed by atoms with van der Waals surface area (Å²) in [5.41, 5.74) is -2.20. The molecule has 110 valence electrons. The van der Waals surface area contributed by atoms with E-state index in [1.54, 1.807) is 4.68 Å². The Morgan fingerprint density at radius 1 is 1.50 bits per heavy atom. The molecule has 1 fully saturated rings. The highest BCUT2D eigenvalue weighted by atomic mass is 19.3. The van der Waals surface area contributed by atoms with Gasteiger partial charge in [0.15, 0.2) is 0 Å². The smallest absolute Gasteiger partial charge is 0.352 e. The van der Waals surface area contributed by atoms with Crippen molar-refractivity contribution in [3.8, 4) is 0 Å². The third-order valence-electron chi connectivity index (χ3n) is 4.18. The van der Waals surface area contributed by atoms with Crippen molar-refractivity contribution >= 4 is 5.91 Å². The van der Waals surface area contributed by atoms with Gasteiger partial charge in [-0.05, 0) is 32.1 Å². The molecule has 1 unspecified atom stereocenters. The van der Waals surface area contributed by atoms with Gasteiger partial charge in [0.1, 0.15) is 17.8 Å². The number of aliphatic hydroxyl groups is 1. The van der Waals surface area contributed by atoms with Crippen molar-refractivity contribution in [2.45, 2.75) is 56.2 Å². The fourth-order valence-corrected chi connectivity index (χ4v) is 2.71. The van der Waals surface area contributed by atoms with Crippen LogP contribution in [-0.4, -0.2) is 37.3 Å². The second kappa shape index (κ2) is 4.47. The quantitative estimate of drug-likeness (QED) is 0.860. The number of hydrogen-bond acceptors (Lipinski definition) is 4. The van der Waals surface area contributed by atoms with Crippen molar-refractivity contribution < 1.29 is 18.7 Å². The molecule has 1 saturated carbocycles. The molecule has 1 aromatic heterocycles. The predicted molar refractivity (Wildman–Crippen MR) is 63.9 cm³/mol. The average Bonchev–Trinajstić information content (AvgIpc) is 2.85. The molecule has 0 radical (unpaired) electrons. The Kier molecular flexibility index (Phi) is 3.00. The van der Waals surface area contributed by atoms with Crippen molar-refractivity contribution in [2.75, 3.05) is 0 Å². The second-order valence-corrected chi connectivity index (χ2v) is 5.47. The monoisotopic (exact) mass is 286 g/mol. The first-order valence-corrected chi connectivity index (χ1v) is 6.73. The molecule has 0 spiro atoms. The van der Waals surface area contributed by atoms with Gasteiger partial charge in [0.25, 0.3) is 5.91 Å². The summed E-state index contributed by atoms with van der Waals surface area (Å²) in [6, 6.07) is -0.576. The van der Waals surface area contributed by atoms with E-state index in [0.29, 0.717) is 25.2 Å². The summed E-state index contributed by atoms with van der Waals surface area (Å²) in [6.07, 6.45) is 3.03. The first-order valence-electron chi connectivity index (χ1n) is 6.73. The third kappa shape index (κ3) is 1.90. The second-order valence-electron chi connectivity index (χ2n) is 5.47. The third-order valence-corrected chi connectivity index (χ3v) is 4.18. The Hall–Kier alpha value is -1.57. The fourth-order valence-electron chi connectivity index (χ4n) is 2.71. The van der Waals surface area contributed by atoms with Gasteiger partial charge in [0.2, 0.25) is 0 Å². The minimum absolute atomic E-state index is 0.0474. The van der Waals surface area contributed by atoms with Crippen molar-refractivity contribution in [3.63, 3.8) is 0 Å². The number of carbonyl (C=O) groups is 1. The Morgan fingerprint density at radius 2 is 2.25 bits per heavy atom. The molecule has 2 aliphatic rings. The molecule has 1 atom stereocenters. The molecule has 1 aromatic rings. The van der Waals surface area contributed by atoms with Crippen molar-refractivity contribution in [1.82, 2.24) is 20.1 Å². The van der Waals surface area contributed by atoms with Crippen molar-refractivity contribution in [1.29, 1.82) is 0 Å². The van der Waals surface area contributed by atoms with Crippen molar-refractivity contribution in [3.05, 3.63) is 12.2 Å². The van der Waals surface area contributed by atoms with Crippen LogP contribution in [0.5, 0.6) is 0 Å². The number of nitrogens with one attached hydrogen (secondary N) is 1. The zero-order chi connectivity index (χ0) is 14.4. The number of amides is 1. The highest BCUT2D eigenvalue weighted by Gasteiger charge is 2.61. The molecule has 2 heterocycles. The van der Waals surface area contributed by atoms with Gasteiger partial charge in [-0.1, -0.05) is 0 Å². The van der Waals surface area contributed by atoms with E-state index >= 15 is 0 Å². The lowest BCUT2D eigenvalue weighted by Crippen LogP contribution is -2.61. The maximum absolute atomic E-state index is 14.0. The van der Waals surface area contributed by atoms with E-state index in [4.69, 9.17) is 0 Å². The van der Waals surface area contributed by atoms with Gasteiger partial charge in [0, 0.05) is 6.54 Å². The van der Waals surface area contributed by atoms with Crippen molar-refractivity contribution in [2.24, 2.45) is 0 Å². The summed E-state index contributed by atoms with van der Waals surface area (Å²) >= 11 is 0. The lowest BCUT2D eigenvalue weighted by molar-refractivity contribution is -0.216. The van der Waals surface area contributed by atoms with E-state index < -0.39 is 23.5 Å². The number of alkyl halides is 2. The molecular weight excluding hydrogens is 270 g/mol. The maximum Gasteiger partial charge on any atom is 0.352 e. The molecule has 3 rings (SSSR count). The maximum atomic E-state index is 14.0. The SMILES string of the molecule is O=C(NC1CCCn2ncnc21)C(F)(F)C1(O)CCC1. The Morgan fingerprint density at radius 3 is 2.90 bits per heavy atom. The number of aromatic nitrogens is 3. The Bertz CT molecular complexity index is 527. The topological polar surface area (TPSA) is 80.0 Å². The zero-order valence-corrected chi connectivity index (χ0v) is 10.9. The molecule has 1 aliphatic heterocycles. The van der Waals surface area contributed by atoms with Crippen LogP contribution in [0.25, 0.3) is 0 Å². The molecular formula is C12H16F2N4O2. The van der Waals surface area contributed by atoms with E-state index in [9.17, 15) is 18.7 Å². The lowest BCUT2D eigenvalue weighted by Gasteiger charge is -2.42. The lowest BCUT2D eigenvalue weighted by atomic mass is 9.75. The van der Waals surface area contributed by atoms with E-state index in [1.807, 2.05) is 0 Å². The van der Waals surface area contributed by atoms with Crippen LogP contribution in [0.1, 0.15) is 44.0 Å². The number of rotatable bonds is 3. The van der Waals surface area contributed by atoms with E-state index in [-0.39, 0.29) is 12.8 Å². The van der Waals surface area contributed by atoms with Gasteiger partial charge >= 0.3 is 5.92 Å². The average molecular weight is 286 g/mol. The molecule has 2 N–H and O–H groups in total. The Balaban J connectivity index is 1.74. The molecule has 6 nitrogen and oxygen atoms in total. The van der Waals surface area contributed by atoms with Gasteiger partial charge < -0.3 is 10.4 Å². The molecule has 1 aliphatic carbocycles. The number of halogens is 2. The summed E-state index contributed by atoms with van der Waals surface area (Å²) in [5, 5.41) is 16.0. The van der Waals surface area contributed by atoms with Gasteiger partial charge in [-0.2, -0.15) is 13.9 Å². The summed E-state index contributed by atoms with van der Waals surface area (Å²) in [7, 11) is 0. The van der Waals surface area contributed by atoms with E-state index in [0.717, 1.165) is 6.42 Å². The number of carbonyl (C=O) groups excluding carboxylic acids is 1. The van der Waals surface area contributed by atoms with Crippen LogP contribution in [0, 0.1) is 0 Å². The minimum atomic E-state index is -3.77. The molecule has 0 bridgehead atoms. The molecule has 20 heavy (non-hydrogen) atoms. The minimum Gasteiger partial charge on any atom is -0.383 e. The van der Waals surface area contributed by atoms with Crippen LogP contribution in [-0.2, 0) is 11.3 Å². The largest absolute Gasteiger partial charge is 0.383 e. The summed E-state index contributed by atoms with van der Waals surface area (Å²) in [5.74, 6) is -4.71. The highest BCUT2D eigenvalue weighted by molar-refractivity contribution is 5.85. The summed E-state index contributed by atoms with van der Waals surface area (Å²) in [6.45, 7) is 0.669. The van der Waals surface area contributed by atoms with Gasteiger partial charge in [-0.25, -0.2) is 9.67 Å². The zero-order valence-electron chi connectivity index (χ0n) is 10.9. The molecule has 0 saturated heterocycles. The number of fused-ring (bicyclic) bond motifs is 1. The van der Waals surface area contributed by atoms with Crippen LogP contribution >= 0.6 is 0 Å². The first-order chi connectivity index (χ1) is 9.44. The van der Waals surface area contributed by atoms with Gasteiger partial charge in [-0.15, -0.1) is 0 Å². The normalized spacial score (nSPS) is 24.6. The first kappa shape index (κ1) is 13.4.